The Labute approximate surface area is 157 Å². The summed E-state index contributed by atoms with van der Waals surface area (Å²) in [5.41, 5.74) is 4.63. The largest absolute Gasteiger partial charge is 0.481 e. The van der Waals surface area contributed by atoms with Crippen molar-refractivity contribution in [1.82, 2.24) is 4.98 Å². The van der Waals surface area contributed by atoms with Crippen LogP contribution in [0.5, 0.6) is 0 Å². The fraction of sp³-hybridized carbons (Fsp3) is 0.333. The van der Waals surface area contributed by atoms with Crippen LogP contribution in [0, 0.1) is 11.8 Å². The number of rotatable bonds is 3. The van der Waals surface area contributed by atoms with Gasteiger partial charge in [-0.1, -0.05) is 29.7 Å². The highest BCUT2D eigenvalue weighted by Gasteiger charge is 2.51. The molecule has 5 heteroatoms. The summed E-state index contributed by atoms with van der Waals surface area (Å²) in [4.78, 5) is 16.5. The lowest BCUT2D eigenvalue weighted by Gasteiger charge is -2.32. The minimum atomic E-state index is -0.714. The van der Waals surface area contributed by atoms with Crippen molar-refractivity contribution in [2.75, 3.05) is 13.1 Å². The lowest BCUT2D eigenvalue weighted by molar-refractivity contribution is -0.918. The van der Waals surface area contributed by atoms with Gasteiger partial charge in [-0.15, -0.1) is 0 Å². The molecular weight excluding hydrogens is 348 g/mol. The minimum absolute atomic E-state index is 0.230. The third-order valence-corrected chi connectivity index (χ3v) is 5.52. The van der Waals surface area contributed by atoms with Gasteiger partial charge in [0.2, 0.25) is 0 Å². The van der Waals surface area contributed by atoms with Crippen molar-refractivity contribution in [3.05, 3.63) is 63.9 Å². The SMILES string of the molecule is O=C(O)CC[NH+]1Cc2ccc(C#Cc3cccc(Cl)n3)cc2C2(CC2)C1. The van der Waals surface area contributed by atoms with E-state index >= 15 is 0 Å². The minimum Gasteiger partial charge on any atom is -0.481 e. The van der Waals surface area contributed by atoms with Gasteiger partial charge in [0.25, 0.3) is 0 Å². The first-order chi connectivity index (χ1) is 12.5. The van der Waals surface area contributed by atoms with E-state index in [0.29, 0.717) is 17.4 Å². The normalized spacial score (nSPS) is 19.3. The Morgan fingerprint density at radius 2 is 2.12 bits per heavy atom. The van der Waals surface area contributed by atoms with E-state index in [2.05, 4.69) is 29.0 Å². The van der Waals surface area contributed by atoms with Crippen molar-refractivity contribution >= 4 is 17.6 Å². The molecule has 1 aromatic carbocycles. The number of carbonyl (C=O) groups is 1. The Balaban J connectivity index is 1.57. The number of carboxylic acid groups (broad SMARTS) is 1. The highest BCUT2D eigenvalue weighted by molar-refractivity contribution is 6.29. The lowest BCUT2D eigenvalue weighted by Crippen LogP contribution is -3.12. The summed E-state index contributed by atoms with van der Waals surface area (Å²) in [6.45, 7) is 2.62. The van der Waals surface area contributed by atoms with Gasteiger partial charge in [-0.3, -0.25) is 4.79 Å². The molecule has 26 heavy (non-hydrogen) atoms. The van der Waals surface area contributed by atoms with Crippen molar-refractivity contribution in [1.29, 1.82) is 0 Å². The number of aliphatic carboxylic acids is 1. The maximum absolute atomic E-state index is 10.9. The molecular formula is C21H20ClN2O2+. The van der Waals surface area contributed by atoms with E-state index in [4.69, 9.17) is 16.7 Å². The molecule has 1 fully saturated rings. The van der Waals surface area contributed by atoms with Gasteiger partial charge in [-0.05, 0) is 48.6 Å². The molecule has 132 valence electrons. The van der Waals surface area contributed by atoms with Crippen LogP contribution >= 0.6 is 11.6 Å². The van der Waals surface area contributed by atoms with E-state index < -0.39 is 5.97 Å². The number of fused-ring (bicyclic) bond motifs is 2. The molecule has 1 unspecified atom stereocenters. The Bertz CT molecular complexity index is 925. The highest BCUT2D eigenvalue weighted by Crippen LogP contribution is 2.49. The van der Waals surface area contributed by atoms with Crippen molar-refractivity contribution in [3.8, 4) is 11.8 Å². The number of hydrogen-bond donors (Lipinski definition) is 2. The molecule has 1 aliphatic heterocycles. The molecule has 2 N–H and O–H groups in total. The van der Waals surface area contributed by atoms with Crippen molar-refractivity contribution in [2.45, 2.75) is 31.2 Å². The first-order valence-electron chi connectivity index (χ1n) is 8.87. The van der Waals surface area contributed by atoms with Crippen LogP contribution in [0.2, 0.25) is 5.15 Å². The summed E-state index contributed by atoms with van der Waals surface area (Å²) >= 11 is 5.91. The molecule has 0 amide bonds. The van der Waals surface area contributed by atoms with Crippen LogP contribution < -0.4 is 4.90 Å². The van der Waals surface area contributed by atoms with Gasteiger partial charge in [0, 0.05) is 16.5 Å². The van der Waals surface area contributed by atoms with Gasteiger partial charge in [0.15, 0.2) is 0 Å². The number of halogens is 1. The predicted molar refractivity (Wildman–Crippen MR) is 99.2 cm³/mol. The number of aromatic nitrogens is 1. The standard InChI is InChI=1S/C21H19ClN2O2/c22-19-3-1-2-17(23-19)7-5-15-4-6-16-13-24(11-8-20(25)26)14-21(9-10-21)18(16)12-15/h1-4,6,12H,8-11,13-14H2,(H,25,26)/p+1. The average Bonchev–Trinajstić information content (AvgIpc) is 3.38. The van der Waals surface area contributed by atoms with Gasteiger partial charge in [0.1, 0.15) is 17.4 Å². The molecule has 0 bridgehead atoms. The summed E-state index contributed by atoms with van der Waals surface area (Å²) in [6, 6.07) is 11.9. The zero-order valence-corrected chi connectivity index (χ0v) is 15.1. The smallest absolute Gasteiger partial charge is 0.309 e. The zero-order chi connectivity index (χ0) is 18.1. The Kier molecular flexibility index (Phi) is 4.44. The predicted octanol–water partition coefficient (Wildman–Crippen LogP) is 2.04. The second-order valence-electron chi connectivity index (χ2n) is 7.25. The summed E-state index contributed by atoms with van der Waals surface area (Å²) in [5.74, 6) is 5.57. The topological polar surface area (TPSA) is 54.6 Å². The molecule has 2 heterocycles. The molecule has 1 saturated carbocycles. The maximum Gasteiger partial charge on any atom is 0.309 e. The van der Waals surface area contributed by atoms with E-state index in [-0.39, 0.29) is 11.8 Å². The number of quaternary nitrogens is 1. The first kappa shape index (κ1) is 17.1. The Morgan fingerprint density at radius 3 is 2.85 bits per heavy atom. The molecule has 2 aliphatic rings. The van der Waals surface area contributed by atoms with Gasteiger partial charge in [-0.2, -0.15) is 0 Å². The number of nitrogens with one attached hydrogen (secondary N) is 1. The van der Waals surface area contributed by atoms with Gasteiger partial charge in [0.05, 0.1) is 19.5 Å². The monoisotopic (exact) mass is 367 g/mol. The summed E-state index contributed by atoms with van der Waals surface area (Å²) in [5, 5.41) is 9.40. The molecule has 1 aromatic heterocycles. The van der Waals surface area contributed by atoms with Crippen molar-refractivity contribution in [2.24, 2.45) is 0 Å². The van der Waals surface area contributed by atoms with Crippen LogP contribution in [0.15, 0.2) is 36.4 Å². The van der Waals surface area contributed by atoms with E-state index in [1.165, 1.54) is 28.9 Å². The Morgan fingerprint density at radius 1 is 1.27 bits per heavy atom. The number of hydrogen-bond acceptors (Lipinski definition) is 2. The van der Waals surface area contributed by atoms with E-state index in [9.17, 15) is 4.79 Å². The molecule has 4 rings (SSSR count). The number of carboxylic acids is 1. The fourth-order valence-electron chi connectivity index (χ4n) is 3.88. The highest BCUT2D eigenvalue weighted by atomic mass is 35.5. The quantitative estimate of drug-likeness (QED) is 0.645. The molecule has 1 atom stereocenters. The fourth-order valence-corrected chi connectivity index (χ4v) is 4.04. The molecule has 1 spiro atoms. The summed E-state index contributed by atoms with van der Waals surface area (Å²) < 4.78 is 0. The van der Waals surface area contributed by atoms with Crippen molar-refractivity contribution < 1.29 is 14.8 Å². The summed E-state index contributed by atoms with van der Waals surface area (Å²) in [7, 11) is 0. The Hall–Kier alpha value is -2.35. The maximum atomic E-state index is 10.9. The second kappa shape index (κ2) is 6.75. The zero-order valence-electron chi connectivity index (χ0n) is 14.4. The van der Waals surface area contributed by atoms with E-state index in [1.54, 1.807) is 6.07 Å². The van der Waals surface area contributed by atoms with Crippen LogP contribution in [-0.2, 0) is 16.8 Å². The summed E-state index contributed by atoms with van der Waals surface area (Å²) in [6.07, 6.45) is 2.60. The first-order valence-corrected chi connectivity index (χ1v) is 9.25. The third kappa shape index (κ3) is 3.60. The van der Waals surface area contributed by atoms with Gasteiger partial charge >= 0.3 is 5.97 Å². The molecule has 0 saturated heterocycles. The van der Waals surface area contributed by atoms with E-state index in [0.717, 1.165) is 18.7 Å². The molecule has 2 aromatic rings. The van der Waals surface area contributed by atoms with Crippen LogP contribution in [0.1, 0.15) is 41.6 Å². The average molecular weight is 368 g/mol. The van der Waals surface area contributed by atoms with Crippen LogP contribution in [0.3, 0.4) is 0 Å². The molecule has 0 radical (unpaired) electrons. The van der Waals surface area contributed by atoms with Crippen LogP contribution in [0.25, 0.3) is 0 Å². The third-order valence-electron chi connectivity index (χ3n) is 5.31. The molecule has 4 nitrogen and oxygen atoms in total. The van der Waals surface area contributed by atoms with E-state index in [1.807, 2.05) is 18.2 Å². The second-order valence-corrected chi connectivity index (χ2v) is 7.63. The van der Waals surface area contributed by atoms with Gasteiger partial charge in [-0.25, -0.2) is 4.98 Å². The van der Waals surface area contributed by atoms with Crippen LogP contribution in [-0.4, -0.2) is 29.1 Å². The van der Waals surface area contributed by atoms with Crippen molar-refractivity contribution in [3.63, 3.8) is 0 Å². The van der Waals surface area contributed by atoms with Crippen LogP contribution in [0.4, 0.5) is 0 Å². The number of nitrogens with zero attached hydrogens (tertiary/aromatic N) is 1. The van der Waals surface area contributed by atoms with Gasteiger partial charge < -0.3 is 10.0 Å². The lowest BCUT2D eigenvalue weighted by atomic mass is 9.85. The number of pyridine rings is 1. The number of benzene rings is 1. The molecule has 1 aliphatic carbocycles.